The van der Waals surface area contributed by atoms with Crippen molar-refractivity contribution in [1.82, 2.24) is 9.88 Å². The topological polar surface area (TPSA) is 77.7 Å². The number of anilines is 1. The number of benzene rings is 1. The summed E-state index contributed by atoms with van der Waals surface area (Å²) in [6, 6.07) is 5.21. The highest BCUT2D eigenvalue weighted by Crippen LogP contribution is 2.44. The molecule has 134 valence electrons. The molecule has 1 atom stereocenters. The van der Waals surface area contributed by atoms with E-state index < -0.39 is 0 Å². The van der Waals surface area contributed by atoms with Crippen LogP contribution in [0, 0.1) is 0 Å². The Kier molecular flexibility index (Phi) is 4.30. The number of hydrogen-bond acceptors (Lipinski definition) is 5. The predicted octanol–water partition coefficient (Wildman–Crippen LogP) is 2.96. The summed E-state index contributed by atoms with van der Waals surface area (Å²) in [6.07, 6.45) is 2.93. The molecule has 1 unspecified atom stereocenters. The maximum atomic E-state index is 12.3. The lowest BCUT2D eigenvalue weighted by Crippen LogP contribution is -2.42. The van der Waals surface area contributed by atoms with Crippen molar-refractivity contribution < 1.29 is 14.3 Å². The van der Waals surface area contributed by atoms with Gasteiger partial charge in [0, 0.05) is 28.3 Å². The molecular weight excluding hydrogens is 354 g/mol. The smallest absolute Gasteiger partial charge is 0.246 e. The van der Waals surface area contributed by atoms with Crippen molar-refractivity contribution in [2.45, 2.75) is 12.6 Å². The summed E-state index contributed by atoms with van der Waals surface area (Å²) in [7, 11) is 0. The highest BCUT2D eigenvalue weighted by molar-refractivity contribution is 6.31. The number of nitrogen functional groups attached to an aromatic ring is 1. The number of fused-ring (bicyclic) bond motifs is 3. The van der Waals surface area contributed by atoms with E-state index in [1.807, 2.05) is 18.2 Å². The van der Waals surface area contributed by atoms with Gasteiger partial charge < -0.3 is 20.1 Å². The first-order valence-electron chi connectivity index (χ1n) is 8.30. The molecule has 1 aromatic heterocycles. The van der Waals surface area contributed by atoms with Crippen LogP contribution in [-0.4, -0.2) is 35.5 Å². The van der Waals surface area contributed by atoms with Gasteiger partial charge in [0.1, 0.15) is 12.4 Å². The molecule has 0 spiro atoms. The molecule has 4 rings (SSSR count). The van der Waals surface area contributed by atoms with Crippen LogP contribution in [0.15, 0.2) is 37.1 Å². The Labute approximate surface area is 156 Å². The second-order valence-corrected chi connectivity index (χ2v) is 6.70. The van der Waals surface area contributed by atoms with Crippen LogP contribution in [0.4, 0.5) is 5.69 Å². The van der Waals surface area contributed by atoms with Crippen molar-refractivity contribution in [3.8, 4) is 17.0 Å². The van der Waals surface area contributed by atoms with Crippen molar-refractivity contribution in [2.24, 2.45) is 0 Å². The Morgan fingerprint density at radius 2 is 2.27 bits per heavy atom. The van der Waals surface area contributed by atoms with Gasteiger partial charge in [-0.3, -0.25) is 9.78 Å². The zero-order valence-corrected chi connectivity index (χ0v) is 14.8. The van der Waals surface area contributed by atoms with Gasteiger partial charge in [0.2, 0.25) is 5.91 Å². The maximum absolute atomic E-state index is 12.3. The lowest BCUT2D eigenvalue weighted by Gasteiger charge is -2.37. The quantitative estimate of drug-likeness (QED) is 0.821. The van der Waals surface area contributed by atoms with Crippen LogP contribution in [0.1, 0.15) is 17.2 Å². The summed E-state index contributed by atoms with van der Waals surface area (Å²) in [6.45, 7) is 5.31. The summed E-state index contributed by atoms with van der Waals surface area (Å²) >= 11 is 6.39. The first kappa shape index (κ1) is 16.9. The molecule has 0 saturated carbocycles. The molecule has 1 saturated heterocycles. The zero-order valence-electron chi connectivity index (χ0n) is 14.1. The minimum absolute atomic E-state index is 0.144. The lowest BCUT2D eigenvalue weighted by molar-refractivity contribution is -0.134. The van der Waals surface area contributed by atoms with Gasteiger partial charge in [-0.25, -0.2) is 0 Å². The number of ether oxygens (including phenoxy) is 2. The molecule has 1 amide bonds. The summed E-state index contributed by atoms with van der Waals surface area (Å²) in [5.74, 6) is 0.533. The molecule has 0 radical (unpaired) electrons. The van der Waals surface area contributed by atoms with E-state index >= 15 is 0 Å². The average Bonchev–Trinajstić information content (AvgIpc) is 2.66. The number of hydrogen-bond donors (Lipinski definition) is 1. The molecule has 1 fully saturated rings. The summed E-state index contributed by atoms with van der Waals surface area (Å²) < 4.78 is 11.7. The van der Waals surface area contributed by atoms with Crippen LogP contribution in [0.3, 0.4) is 0 Å². The van der Waals surface area contributed by atoms with Crippen LogP contribution in [0.2, 0.25) is 5.02 Å². The highest BCUT2D eigenvalue weighted by atomic mass is 35.5. The van der Waals surface area contributed by atoms with Crippen LogP contribution >= 0.6 is 11.6 Å². The van der Waals surface area contributed by atoms with Crippen molar-refractivity contribution in [3.05, 3.63) is 53.2 Å². The Hall–Kier alpha value is -2.57. The largest absolute Gasteiger partial charge is 0.488 e. The molecular formula is C19H18ClN3O3. The van der Waals surface area contributed by atoms with Gasteiger partial charge in [-0.1, -0.05) is 18.2 Å². The fraction of sp³-hybridized carbons (Fsp3) is 0.263. The van der Waals surface area contributed by atoms with Crippen molar-refractivity contribution in [3.63, 3.8) is 0 Å². The van der Waals surface area contributed by atoms with Crippen molar-refractivity contribution in [1.29, 1.82) is 0 Å². The fourth-order valence-electron chi connectivity index (χ4n) is 3.47. The standard InChI is InChI=1S/C19H18ClN3O3/c1-2-17(24)23-3-4-25-10-16(23)14-6-12(20)7-15-18-11(9-26-19(14)15)5-13(21)8-22-18/h2,5-8,16H,1,3-4,9-10,21H2. The molecule has 1 aromatic carbocycles. The number of halogens is 1. The maximum Gasteiger partial charge on any atom is 0.246 e. The molecule has 7 heteroatoms. The number of carbonyl (C=O) groups excluding carboxylic acids is 1. The van der Waals surface area contributed by atoms with Crippen molar-refractivity contribution in [2.75, 3.05) is 25.5 Å². The van der Waals surface area contributed by atoms with E-state index in [9.17, 15) is 4.79 Å². The van der Waals surface area contributed by atoms with Gasteiger partial charge in [-0.15, -0.1) is 0 Å². The molecule has 2 aliphatic rings. The minimum atomic E-state index is -0.294. The number of amides is 1. The SMILES string of the molecule is C=CC(=O)N1CCOCC1c1cc(Cl)cc2c1OCc1cc(N)cnc1-2. The van der Waals surface area contributed by atoms with Crippen LogP contribution in [-0.2, 0) is 16.1 Å². The molecule has 2 aliphatic heterocycles. The molecule has 0 aliphatic carbocycles. The summed E-state index contributed by atoms with van der Waals surface area (Å²) in [5.41, 5.74) is 9.73. The molecule has 0 bridgehead atoms. The first-order valence-corrected chi connectivity index (χ1v) is 8.68. The van der Waals surface area contributed by atoms with E-state index in [-0.39, 0.29) is 11.9 Å². The summed E-state index contributed by atoms with van der Waals surface area (Å²) in [4.78, 5) is 18.5. The Bertz CT molecular complexity index is 900. The minimum Gasteiger partial charge on any atom is -0.488 e. The molecule has 3 heterocycles. The third-order valence-electron chi connectivity index (χ3n) is 4.64. The van der Waals surface area contributed by atoms with Gasteiger partial charge >= 0.3 is 0 Å². The fourth-order valence-corrected chi connectivity index (χ4v) is 3.70. The molecule has 6 nitrogen and oxygen atoms in total. The Balaban J connectivity index is 1.85. The highest BCUT2D eigenvalue weighted by Gasteiger charge is 2.33. The number of morpholine rings is 1. The number of nitrogens with two attached hydrogens (primary N) is 1. The van der Waals surface area contributed by atoms with E-state index in [1.165, 1.54) is 6.08 Å². The zero-order chi connectivity index (χ0) is 18.3. The number of aromatic nitrogens is 1. The lowest BCUT2D eigenvalue weighted by atomic mass is 9.95. The molecule has 26 heavy (non-hydrogen) atoms. The van der Waals surface area contributed by atoms with E-state index in [4.69, 9.17) is 26.8 Å². The number of rotatable bonds is 2. The van der Waals surface area contributed by atoms with Crippen molar-refractivity contribution >= 4 is 23.2 Å². The van der Waals surface area contributed by atoms with Gasteiger partial charge in [0.05, 0.1) is 36.8 Å². The van der Waals surface area contributed by atoms with Crippen LogP contribution in [0.25, 0.3) is 11.3 Å². The van der Waals surface area contributed by atoms with Crippen LogP contribution in [0.5, 0.6) is 5.75 Å². The Morgan fingerprint density at radius 3 is 3.08 bits per heavy atom. The first-order chi connectivity index (χ1) is 12.6. The number of pyridine rings is 1. The van der Waals surface area contributed by atoms with E-state index in [0.717, 1.165) is 22.4 Å². The second-order valence-electron chi connectivity index (χ2n) is 6.26. The van der Waals surface area contributed by atoms with Crippen LogP contribution < -0.4 is 10.5 Å². The molecule has 2 N–H and O–H groups in total. The summed E-state index contributed by atoms with van der Waals surface area (Å²) in [5, 5.41) is 0.547. The third-order valence-corrected chi connectivity index (χ3v) is 4.86. The van der Waals surface area contributed by atoms with Gasteiger partial charge in [0.25, 0.3) is 0 Å². The van der Waals surface area contributed by atoms with Gasteiger partial charge in [-0.2, -0.15) is 0 Å². The van der Waals surface area contributed by atoms with Gasteiger partial charge in [0.15, 0.2) is 0 Å². The Morgan fingerprint density at radius 1 is 1.42 bits per heavy atom. The predicted molar refractivity (Wildman–Crippen MR) is 98.9 cm³/mol. The number of carbonyl (C=O) groups is 1. The number of nitrogens with zero attached hydrogens (tertiary/aromatic N) is 2. The molecule has 2 aromatic rings. The van der Waals surface area contributed by atoms with E-state index in [2.05, 4.69) is 11.6 Å². The van der Waals surface area contributed by atoms with Gasteiger partial charge in [-0.05, 0) is 24.3 Å². The van der Waals surface area contributed by atoms with E-state index in [0.29, 0.717) is 42.8 Å². The normalized spacial score (nSPS) is 18.5. The van der Waals surface area contributed by atoms with E-state index in [1.54, 1.807) is 11.1 Å². The second kappa shape index (κ2) is 6.63. The average molecular weight is 372 g/mol. The monoisotopic (exact) mass is 371 g/mol. The third kappa shape index (κ3) is 2.81.